The molecule has 14 heteroatoms. The zero-order chi connectivity index (χ0) is 30.3. The fourth-order valence-electron chi connectivity index (χ4n) is 4.48. The molecule has 0 aliphatic heterocycles. The number of nitrogens with zero attached hydrogens (tertiary/aromatic N) is 4. The van der Waals surface area contributed by atoms with Gasteiger partial charge >= 0.3 is 0 Å². The number of methoxy groups -OCH3 is 1. The summed E-state index contributed by atoms with van der Waals surface area (Å²) in [6.45, 7) is 0.182. The fraction of sp³-hybridized carbons (Fsp3) is 0.259. The molecule has 0 aliphatic carbocycles. The monoisotopic (exact) mass is 680 g/mol. The molecule has 2 heterocycles. The van der Waals surface area contributed by atoms with E-state index >= 15 is 0 Å². The Labute approximate surface area is 258 Å². The lowest BCUT2D eigenvalue weighted by Crippen LogP contribution is -2.33. The molecule has 0 aliphatic rings. The largest absolute Gasteiger partial charge is 0.494 e. The fourth-order valence-corrected chi connectivity index (χ4v) is 5.36. The molecular weight excluding hydrogens is 656 g/mol. The lowest BCUT2D eigenvalue weighted by atomic mass is 9.86. The minimum atomic E-state index is -1.32. The van der Waals surface area contributed by atoms with Crippen LogP contribution in [0.4, 0.5) is 0 Å². The highest BCUT2D eigenvalue weighted by atomic mass is 79.9. The lowest BCUT2D eigenvalue weighted by Gasteiger charge is -2.24. The number of hydrogen-bond acceptors (Lipinski definition) is 8. The quantitative estimate of drug-likeness (QED) is 0.267. The number of benzene rings is 2. The minimum absolute atomic E-state index is 0.0471. The number of ether oxygens (including phenoxy) is 2. The maximum Gasteiger partial charge on any atom is 0.262 e. The summed E-state index contributed by atoms with van der Waals surface area (Å²) in [6, 6.07) is 10.6. The maximum absolute atomic E-state index is 13.6. The summed E-state index contributed by atoms with van der Waals surface area (Å²) in [5.41, 5.74) is -0.634. The SMILES string of the molecule is COc1cc(C(c2c(O)n(C)c(=S)n(C)c2=O)c2c(O)n(C)c(=S)n(C)c2=O)cc(Cl)c1OCc1ccc(Br)cc1. The Balaban J connectivity index is 2.02. The summed E-state index contributed by atoms with van der Waals surface area (Å²) in [5.74, 6) is -1.86. The Morgan fingerprint density at radius 3 is 1.83 bits per heavy atom. The molecule has 0 unspecified atom stereocenters. The van der Waals surface area contributed by atoms with E-state index in [1.807, 2.05) is 24.3 Å². The Hall–Kier alpha value is -3.39. The van der Waals surface area contributed by atoms with Gasteiger partial charge in [0.1, 0.15) is 6.61 Å². The van der Waals surface area contributed by atoms with Crippen molar-refractivity contribution in [2.75, 3.05) is 7.11 Å². The van der Waals surface area contributed by atoms with E-state index in [2.05, 4.69) is 15.9 Å². The van der Waals surface area contributed by atoms with Crippen LogP contribution in [-0.2, 0) is 34.8 Å². The first-order valence-electron chi connectivity index (χ1n) is 12.0. The van der Waals surface area contributed by atoms with Crippen LogP contribution in [0.5, 0.6) is 23.3 Å². The summed E-state index contributed by atoms with van der Waals surface area (Å²) in [6.07, 6.45) is 0. The van der Waals surface area contributed by atoms with Crippen molar-refractivity contribution in [1.29, 1.82) is 0 Å². The average Bonchev–Trinajstić information content (AvgIpc) is 2.96. The molecule has 4 aromatic rings. The molecule has 0 saturated heterocycles. The Bertz CT molecular complexity index is 1830. The zero-order valence-electron chi connectivity index (χ0n) is 22.6. The molecule has 0 bridgehead atoms. The predicted molar refractivity (Wildman–Crippen MR) is 164 cm³/mol. The summed E-state index contributed by atoms with van der Waals surface area (Å²) < 4.78 is 17.4. The molecule has 2 aromatic carbocycles. The van der Waals surface area contributed by atoms with Crippen LogP contribution in [-0.4, -0.2) is 35.6 Å². The van der Waals surface area contributed by atoms with E-state index in [1.165, 1.54) is 56.6 Å². The molecule has 41 heavy (non-hydrogen) atoms. The number of rotatable bonds is 7. The second kappa shape index (κ2) is 11.8. The molecule has 2 N–H and O–H groups in total. The van der Waals surface area contributed by atoms with Crippen molar-refractivity contribution in [3.63, 3.8) is 0 Å². The zero-order valence-corrected chi connectivity index (χ0v) is 26.6. The van der Waals surface area contributed by atoms with Gasteiger partial charge in [-0.25, -0.2) is 0 Å². The van der Waals surface area contributed by atoms with E-state index in [0.29, 0.717) is 0 Å². The Morgan fingerprint density at radius 2 is 1.37 bits per heavy atom. The first-order chi connectivity index (χ1) is 19.3. The minimum Gasteiger partial charge on any atom is -0.494 e. The first-order valence-corrected chi connectivity index (χ1v) is 14.0. The van der Waals surface area contributed by atoms with Crippen molar-refractivity contribution >= 4 is 52.0 Å². The number of halogens is 2. The third-order valence-corrected chi connectivity index (χ3v) is 8.70. The first kappa shape index (κ1) is 30.6. The maximum atomic E-state index is 13.6. The highest BCUT2D eigenvalue weighted by Crippen LogP contribution is 2.43. The summed E-state index contributed by atoms with van der Waals surface area (Å²) in [5, 5.41) is 22.5. The van der Waals surface area contributed by atoms with Gasteiger partial charge in [0.15, 0.2) is 21.0 Å². The van der Waals surface area contributed by atoms with E-state index in [1.54, 1.807) is 0 Å². The highest BCUT2D eigenvalue weighted by molar-refractivity contribution is 9.10. The summed E-state index contributed by atoms with van der Waals surface area (Å²) in [7, 11) is 7.27. The van der Waals surface area contributed by atoms with E-state index in [4.69, 9.17) is 45.5 Å². The second-order valence-corrected chi connectivity index (χ2v) is 11.3. The number of hydrogen-bond donors (Lipinski definition) is 2. The highest BCUT2D eigenvalue weighted by Gasteiger charge is 2.33. The molecule has 10 nitrogen and oxygen atoms in total. The van der Waals surface area contributed by atoms with Gasteiger partial charge in [-0.15, -0.1) is 0 Å². The van der Waals surface area contributed by atoms with Gasteiger partial charge in [0.05, 0.1) is 29.2 Å². The predicted octanol–water partition coefficient (Wildman–Crippen LogP) is 4.81. The van der Waals surface area contributed by atoms with Crippen molar-refractivity contribution in [3.8, 4) is 23.3 Å². The Morgan fingerprint density at radius 1 is 0.878 bits per heavy atom. The van der Waals surface area contributed by atoms with Crippen LogP contribution >= 0.6 is 52.0 Å². The third-order valence-electron chi connectivity index (χ3n) is 6.79. The van der Waals surface area contributed by atoms with Gasteiger partial charge < -0.3 is 19.7 Å². The van der Waals surface area contributed by atoms with Gasteiger partial charge in [-0.1, -0.05) is 39.7 Å². The molecule has 216 valence electrons. The normalized spacial score (nSPS) is 11.2. The Kier molecular flexibility index (Phi) is 8.83. The van der Waals surface area contributed by atoms with Crippen molar-refractivity contribution in [2.24, 2.45) is 28.2 Å². The lowest BCUT2D eigenvalue weighted by molar-refractivity contribution is 0.284. The van der Waals surface area contributed by atoms with Crippen LogP contribution in [0.1, 0.15) is 28.2 Å². The van der Waals surface area contributed by atoms with E-state index in [-0.39, 0.29) is 49.4 Å². The van der Waals surface area contributed by atoms with Gasteiger partial charge in [0, 0.05) is 32.7 Å². The van der Waals surface area contributed by atoms with Crippen LogP contribution < -0.4 is 20.6 Å². The van der Waals surface area contributed by atoms with Crippen molar-refractivity contribution in [2.45, 2.75) is 12.5 Å². The summed E-state index contributed by atoms with van der Waals surface area (Å²) >= 11 is 20.7. The van der Waals surface area contributed by atoms with Gasteiger partial charge in [0.25, 0.3) is 11.1 Å². The van der Waals surface area contributed by atoms with Crippen LogP contribution in [0.3, 0.4) is 0 Å². The van der Waals surface area contributed by atoms with Gasteiger partial charge in [0.2, 0.25) is 11.8 Å². The van der Waals surface area contributed by atoms with E-state index in [9.17, 15) is 19.8 Å². The topological polar surface area (TPSA) is 113 Å². The molecule has 0 spiro atoms. The van der Waals surface area contributed by atoms with Crippen LogP contribution in [0.2, 0.25) is 5.02 Å². The molecule has 0 amide bonds. The second-order valence-electron chi connectivity index (χ2n) is 9.27. The molecule has 4 rings (SSSR count). The number of aromatic nitrogens is 4. The van der Waals surface area contributed by atoms with E-state index in [0.717, 1.165) is 19.2 Å². The molecule has 2 aromatic heterocycles. The molecule has 0 atom stereocenters. The third kappa shape index (κ3) is 5.46. The summed E-state index contributed by atoms with van der Waals surface area (Å²) in [4.78, 5) is 27.2. The molecular formula is C27H26BrClN4O6S2. The molecule has 0 saturated carbocycles. The van der Waals surface area contributed by atoms with Crippen LogP contribution in [0.15, 0.2) is 50.5 Å². The van der Waals surface area contributed by atoms with Crippen LogP contribution in [0.25, 0.3) is 0 Å². The van der Waals surface area contributed by atoms with Gasteiger partial charge in [-0.05, 0) is 59.8 Å². The van der Waals surface area contributed by atoms with Crippen molar-refractivity contribution < 1.29 is 19.7 Å². The molecule has 0 radical (unpaired) electrons. The van der Waals surface area contributed by atoms with Gasteiger partial charge in [-0.3, -0.25) is 27.9 Å². The number of aromatic hydroxyl groups is 2. The van der Waals surface area contributed by atoms with Crippen LogP contribution in [0, 0.1) is 9.54 Å². The standard InChI is InChI=1S/C27H26BrClN4O6S2/c1-30-22(34)19(23(35)31(2)26(30)40)18(20-24(36)32(3)27(41)33(4)25(20)37)14-10-16(29)21(17(11-14)38-5)39-12-13-6-8-15(28)9-7-13/h6-11,18,34,36H,12H2,1-5H3. The average molecular weight is 682 g/mol. The van der Waals surface area contributed by atoms with Crippen molar-refractivity contribution in [3.05, 3.63) is 98.4 Å². The van der Waals surface area contributed by atoms with Gasteiger partial charge in [-0.2, -0.15) is 0 Å². The molecule has 0 fully saturated rings. The van der Waals surface area contributed by atoms with Crippen molar-refractivity contribution in [1.82, 2.24) is 18.3 Å². The smallest absolute Gasteiger partial charge is 0.262 e. The van der Waals surface area contributed by atoms with E-state index < -0.39 is 28.8 Å².